The molecule has 0 bridgehead atoms. The topological polar surface area (TPSA) is 85.8 Å². The Morgan fingerprint density at radius 1 is 1.50 bits per heavy atom. The third-order valence-corrected chi connectivity index (χ3v) is 3.00. The van der Waals surface area contributed by atoms with Crippen LogP contribution in [-0.4, -0.2) is 26.7 Å². The lowest BCUT2D eigenvalue weighted by Gasteiger charge is -2.11. The van der Waals surface area contributed by atoms with Gasteiger partial charge in [0.25, 0.3) is 0 Å². The molecule has 1 heterocycles. The quantitative estimate of drug-likeness (QED) is 0.822. The zero-order valence-electron chi connectivity index (χ0n) is 11.5. The summed E-state index contributed by atoms with van der Waals surface area (Å²) in [4.78, 5) is 15.7. The minimum atomic E-state index is -0.432. The number of carbonyl (C=O) groups excluding carboxylic acids is 1. The number of nitrogens with two attached hydrogens (primary N) is 1. The van der Waals surface area contributed by atoms with E-state index in [0.717, 1.165) is 17.7 Å². The van der Waals surface area contributed by atoms with Crippen molar-refractivity contribution in [3.63, 3.8) is 0 Å². The zero-order valence-corrected chi connectivity index (χ0v) is 11.5. The Morgan fingerprint density at radius 2 is 2.35 bits per heavy atom. The van der Waals surface area contributed by atoms with Crippen molar-refractivity contribution in [1.29, 1.82) is 0 Å². The highest BCUT2D eigenvalue weighted by molar-refractivity contribution is 5.81. The molecular formula is C14H19N5O. The minimum absolute atomic E-state index is 0.113. The molecule has 0 fully saturated rings. The van der Waals surface area contributed by atoms with E-state index in [4.69, 9.17) is 5.73 Å². The van der Waals surface area contributed by atoms with Crippen LogP contribution in [0.4, 0.5) is 0 Å². The maximum atomic E-state index is 11.8. The van der Waals surface area contributed by atoms with Gasteiger partial charge in [-0.15, -0.1) is 0 Å². The molecule has 0 radical (unpaired) electrons. The smallest absolute Gasteiger partial charge is 0.237 e. The second kappa shape index (κ2) is 6.81. The van der Waals surface area contributed by atoms with Crippen LogP contribution in [-0.2, 0) is 11.3 Å². The third-order valence-electron chi connectivity index (χ3n) is 3.00. The van der Waals surface area contributed by atoms with Crippen LogP contribution in [0.25, 0.3) is 5.69 Å². The van der Waals surface area contributed by atoms with E-state index in [2.05, 4.69) is 15.4 Å². The highest BCUT2D eigenvalue weighted by atomic mass is 16.2. The number of benzene rings is 1. The van der Waals surface area contributed by atoms with E-state index in [9.17, 15) is 4.79 Å². The normalized spacial score (nSPS) is 12.1. The van der Waals surface area contributed by atoms with E-state index in [0.29, 0.717) is 13.0 Å². The van der Waals surface area contributed by atoms with Gasteiger partial charge in [-0.25, -0.2) is 9.67 Å². The van der Waals surface area contributed by atoms with Crippen molar-refractivity contribution in [2.24, 2.45) is 5.73 Å². The maximum Gasteiger partial charge on any atom is 0.237 e. The van der Waals surface area contributed by atoms with Crippen LogP contribution < -0.4 is 11.1 Å². The average Bonchev–Trinajstić information content (AvgIpc) is 2.99. The van der Waals surface area contributed by atoms with Crippen molar-refractivity contribution in [3.05, 3.63) is 42.5 Å². The summed E-state index contributed by atoms with van der Waals surface area (Å²) in [5.74, 6) is -0.113. The van der Waals surface area contributed by atoms with Crippen LogP contribution >= 0.6 is 0 Å². The lowest BCUT2D eigenvalue weighted by atomic mass is 10.1. The number of aromatic nitrogens is 3. The van der Waals surface area contributed by atoms with Crippen molar-refractivity contribution in [2.75, 3.05) is 0 Å². The minimum Gasteiger partial charge on any atom is -0.351 e. The SMILES string of the molecule is CCCC(N)C(=O)NCc1cccc(-n2cncn2)c1. The molecule has 1 amide bonds. The Kier molecular flexibility index (Phi) is 4.84. The van der Waals surface area contributed by atoms with E-state index in [1.54, 1.807) is 11.0 Å². The van der Waals surface area contributed by atoms with Gasteiger partial charge in [0.1, 0.15) is 12.7 Å². The molecule has 1 atom stereocenters. The van der Waals surface area contributed by atoms with Gasteiger partial charge in [0.15, 0.2) is 0 Å². The highest BCUT2D eigenvalue weighted by Crippen LogP contribution is 2.09. The van der Waals surface area contributed by atoms with Gasteiger partial charge >= 0.3 is 0 Å². The first-order valence-corrected chi connectivity index (χ1v) is 6.68. The molecule has 2 rings (SSSR count). The van der Waals surface area contributed by atoms with E-state index in [-0.39, 0.29) is 5.91 Å². The largest absolute Gasteiger partial charge is 0.351 e. The van der Waals surface area contributed by atoms with Gasteiger partial charge in [-0.2, -0.15) is 5.10 Å². The first kappa shape index (κ1) is 14.2. The second-order valence-electron chi connectivity index (χ2n) is 4.62. The Hall–Kier alpha value is -2.21. The first-order chi connectivity index (χ1) is 9.70. The molecule has 6 heteroatoms. The van der Waals surface area contributed by atoms with Crippen LogP contribution in [0.15, 0.2) is 36.9 Å². The van der Waals surface area contributed by atoms with E-state index in [1.807, 2.05) is 31.2 Å². The Morgan fingerprint density at radius 3 is 3.05 bits per heavy atom. The fourth-order valence-electron chi connectivity index (χ4n) is 1.91. The number of amides is 1. The number of nitrogens with zero attached hydrogens (tertiary/aromatic N) is 3. The monoisotopic (exact) mass is 273 g/mol. The van der Waals surface area contributed by atoms with Gasteiger partial charge in [-0.3, -0.25) is 4.79 Å². The maximum absolute atomic E-state index is 11.8. The van der Waals surface area contributed by atoms with Crippen molar-refractivity contribution in [2.45, 2.75) is 32.4 Å². The Labute approximate surface area is 118 Å². The van der Waals surface area contributed by atoms with Crippen molar-refractivity contribution in [3.8, 4) is 5.69 Å². The van der Waals surface area contributed by atoms with E-state index < -0.39 is 6.04 Å². The lowest BCUT2D eigenvalue weighted by Crippen LogP contribution is -2.40. The van der Waals surface area contributed by atoms with Crippen LogP contribution in [0, 0.1) is 0 Å². The van der Waals surface area contributed by atoms with Crippen LogP contribution in [0.3, 0.4) is 0 Å². The summed E-state index contributed by atoms with van der Waals surface area (Å²) >= 11 is 0. The molecule has 0 saturated heterocycles. The number of nitrogens with one attached hydrogen (secondary N) is 1. The molecule has 3 N–H and O–H groups in total. The van der Waals surface area contributed by atoms with Gasteiger partial charge in [0, 0.05) is 6.54 Å². The van der Waals surface area contributed by atoms with Crippen molar-refractivity contribution in [1.82, 2.24) is 20.1 Å². The molecular weight excluding hydrogens is 254 g/mol. The molecule has 1 unspecified atom stereocenters. The van der Waals surface area contributed by atoms with E-state index >= 15 is 0 Å². The Bertz CT molecular complexity index is 552. The predicted molar refractivity (Wildman–Crippen MR) is 76.1 cm³/mol. The third kappa shape index (κ3) is 3.64. The standard InChI is InChI=1S/C14H19N5O/c1-2-4-13(15)14(20)17-8-11-5-3-6-12(7-11)19-10-16-9-18-19/h3,5-7,9-10,13H,2,4,8,15H2,1H3,(H,17,20). The summed E-state index contributed by atoms with van der Waals surface area (Å²) in [5, 5.41) is 6.92. The summed E-state index contributed by atoms with van der Waals surface area (Å²) in [7, 11) is 0. The molecule has 0 saturated carbocycles. The highest BCUT2D eigenvalue weighted by Gasteiger charge is 2.11. The summed E-state index contributed by atoms with van der Waals surface area (Å²) < 4.78 is 1.67. The summed E-state index contributed by atoms with van der Waals surface area (Å²) in [6.45, 7) is 2.47. The molecule has 1 aromatic heterocycles. The van der Waals surface area contributed by atoms with Crippen LogP contribution in [0.1, 0.15) is 25.3 Å². The Balaban J connectivity index is 1.97. The van der Waals surface area contributed by atoms with Crippen LogP contribution in [0.2, 0.25) is 0 Å². The molecule has 1 aromatic carbocycles. The predicted octanol–water partition coefficient (Wildman–Crippen LogP) is 1.01. The lowest BCUT2D eigenvalue weighted by molar-refractivity contribution is -0.122. The van der Waals surface area contributed by atoms with Gasteiger partial charge < -0.3 is 11.1 Å². The molecule has 20 heavy (non-hydrogen) atoms. The molecule has 0 spiro atoms. The molecule has 0 aliphatic heterocycles. The molecule has 106 valence electrons. The summed E-state index contributed by atoms with van der Waals surface area (Å²) in [6, 6.07) is 7.33. The van der Waals surface area contributed by atoms with Crippen molar-refractivity contribution >= 4 is 5.91 Å². The van der Waals surface area contributed by atoms with Gasteiger partial charge in [-0.05, 0) is 24.1 Å². The van der Waals surface area contributed by atoms with E-state index in [1.165, 1.54) is 6.33 Å². The fraction of sp³-hybridized carbons (Fsp3) is 0.357. The molecule has 0 aliphatic rings. The average molecular weight is 273 g/mol. The summed E-state index contributed by atoms with van der Waals surface area (Å²) in [5.41, 5.74) is 7.67. The number of rotatable bonds is 6. The summed E-state index contributed by atoms with van der Waals surface area (Å²) in [6.07, 6.45) is 4.72. The van der Waals surface area contributed by atoms with Gasteiger partial charge in [-0.1, -0.05) is 25.5 Å². The fourth-order valence-corrected chi connectivity index (χ4v) is 1.91. The molecule has 0 aliphatic carbocycles. The number of hydrogen-bond acceptors (Lipinski definition) is 4. The number of carbonyl (C=O) groups is 1. The number of hydrogen-bond donors (Lipinski definition) is 2. The van der Waals surface area contributed by atoms with Gasteiger partial charge in [0.05, 0.1) is 11.7 Å². The first-order valence-electron chi connectivity index (χ1n) is 6.68. The molecule has 6 nitrogen and oxygen atoms in total. The zero-order chi connectivity index (χ0) is 14.4. The molecule has 2 aromatic rings. The van der Waals surface area contributed by atoms with Crippen molar-refractivity contribution < 1.29 is 4.79 Å². The van der Waals surface area contributed by atoms with Crippen LogP contribution in [0.5, 0.6) is 0 Å². The second-order valence-corrected chi connectivity index (χ2v) is 4.62. The van der Waals surface area contributed by atoms with Gasteiger partial charge in [0.2, 0.25) is 5.91 Å².